The summed E-state index contributed by atoms with van der Waals surface area (Å²) in [6, 6.07) is 0. The minimum Gasteiger partial charge on any atom is -0.0876 e. The van der Waals surface area contributed by atoms with Crippen molar-refractivity contribution in [1.29, 1.82) is 0 Å². The van der Waals surface area contributed by atoms with Gasteiger partial charge in [0.1, 0.15) is 0 Å². The molecule has 0 N–H and O–H groups in total. The van der Waals surface area contributed by atoms with Crippen LogP contribution in [0.25, 0.3) is 0 Å². The lowest BCUT2D eigenvalue weighted by atomic mass is 9.45. The minimum atomic E-state index is 0.368. The first-order valence-corrected chi connectivity index (χ1v) is 8.77. The molecule has 4 aliphatic rings. The molecule has 1 fully saturated rings. The van der Waals surface area contributed by atoms with Crippen LogP contribution in [0.15, 0.2) is 47.0 Å². The zero-order valence-corrected chi connectivity index (χ0v) is 13.9. The first-order valence-electron chi connectivity index (χ1n) is 7.98. The van der Waals surface area contributed by atoms with Gasteiger partial charge in [0.05, 0.1) is 0 Å². The van der Waals surface area contributed by atoms with Crippen LogP contribution in [0.2, 0.25) is 0 Å². The fraction of sp³-hybridized carbons (Fsp3) is 0.579. The van der Waals surface area contributed by atoms with Gasteiger partial charge in [-0.05, 0) is 58.2 Å². The standard InChI is InChI=1S/C19H23Br/c1-19(2)15-8-4-3-6-12(15)13-10-11-17(20)14-7-5-9-16(19)18(13)14/h3-6,8-9,11-16,18H,7,10H2,1-2H3. The maximum atomic E-state index is 3.86. The van der Waals surface area contributed by atoms with Gasteiger partial charge in [0.15, 0.2) is 0 Å². The van der Waals surface area contributed by atoms with Crippen LogP contribution in [-0.2, 0) is 0 Å². The Morgan fingerprint density at radius 2 is 1.85 bits per heavy atom. The number of hydrogen-bond donors (Lipinski definition) is 0. The Morgan fingerprint density at radius 3 is 2.70 bits per heavy atom. The highest BCUT2D eigenvalue weighted by atomic mass is 79.9. The third-order valence-electron chi connectivity index (χ3n) is 6.44. The van der Waals surface area contributed by atoms with Crippen molar-refractivity contribution >= 4 is 15.9 Å². The van der Waals surface area contributed by atoms with Crippen molar-refractivity contribution in [2.45, 2.75) is 26.7 Å². The van der Waals surface area contributed by atoms with E-state index in [-0.39, 0.29) is 0 Å². The number of halogens is 1. The zero-order chi connectivity index (χ0) is 13.9. The van der Waals surface area contributed by atoms with E-state index >= 15 is 0 Å². The van der Waals surface area contributed by atoms with Crippen molar-refractivity contribution in [1.82, 2.24) is 0 Å². The minimum absolute atomic E-state index is 0.368. The van der Waals surface area contributed by atoms with Gasteiger partial charge in [-0.3, -0.25) is 0 Å². The molecule has 6 atom stereocenters. The maximum Gasteiger partial charge on any atom is -0.00272 e. The summed E-state index contributed by atoms with van der Waals surface area (Å²) in [5.41, 5.74) is 0.368. The monoisotopic (exact) mass is 330 g/mol. The van der Waals surface area contributed by atoms with Crippen molar-refractivity contribution in [2.75, 3.05) is 0 Å². The molecule has 0 nitrogen and oxygen atoms in total. The summed E-state index contributed by atoms with van der Waals surface area (Å²) in [6.45, 7) is 4.99. The summed E-state index contributed by atoms with van der Waals surface area (Å²) in [5.74, 6) is 4.55. The van der Waals surface area contributed by atoms with Gasteiger partial charge in [0.2, 0.25) is 0 Å². The molecule has 0 saturated heterocycles. The zero-order valence-electron chi connectivity index (χ0n) is 12.3. The Bertz CT molecular complexity index is 534. The van der Waals surface area contributed by atoms with Gasteiger partial charge in [-0.25, -0.2) is 0 Å². The van der Waals surface area contributed by atoms with Gasteiger partial charge in [-0.15, -0.1) is 0 Å². The van der Waals surface area contributed by atoms with E-state index in [2.05, 4.69) is 72.3 Å². The summed E-state index contributed by atoms with van der Waals surface area (Å²) < 4.78 is 1.47. The van der Waals surface area contributed by atoms with Gasteiger partial charge in [0.25, 0.3) is 0 Å². The lowest BCUT2D eigenvalue weighted by molar-refractivity contribution is -0.0406. The Morgan fingerprint density at radius 1 is 1.05 bits per heavy atom. The highest BCUT2D eigenvalue weighted by Crippen LogP contribution is 2.62. The normalized spacial score (nSPS) is 47.5. The molecule has 0 aliphatic heterocycles. The third-order valence-corrected chi connectivity index (χ3v) is 7.35. The van der Waals surface area contributed by atoms with E-state index in [4.69, 9.17) is 0 Å². The van der Waals surface area contributed by atoms with Crippen LogP contribution in [0, 0.1) is 40.9 Å². The van der Waals surface area contributed by atoms with Gasteiger partial charge in [-0.1, -0.05) is 72.3 Å². The van der Waals surface area contributed by atoms with Crippen LogP contribution < -0.4 is 0 Å². The van der Waals surface area contributed by atoms with Crippen molar-refractivity contribution in [3.63, 3.8) is 0 Å². The lowest BCUT2D eigenvalue weighted by Gasteiger charge is -2.59. The van der Waals surface area contributed by atoms with E-state index in [1.54, 1.807) is 0 Å². The predicted octanol–water partition coefficient (Wildman–Crippen LogP) is 5.49. The van der Waals surface area contributed by atoms with E-state index in [1.807, 2.05) is 0 Å². The molecule has 6 unspecified atom stereocenters. The molecular weight excluding hydrogens is 308 g/mol. The van der Waals surface area contributed by atoms with Crippen molar-refractivity contribution in [3.8, 4) is 0 Å². The first kappa shape index (κ1) is 13.1. The van der Waals surface area contributed by atoms with E-state index in [9.17, 15) is 0 Å². The molecule has 20 heavy (non-hydrogen) atoms. The second-order valence-corrected chi connectivity index (χ2v) is 8.47. The number of hydrogen-bond acceptors (Lipinski definition) is 0. The summed E-state index contributed by atoms with van der Waals surface area (Å²) in [7, 11) is 0. The summed E-state index contributed by atoms with van der Waals surface area (Å²) in [6.07, 6.45) is 19.4. The van der Waals surface area contributed by atoms with Crippen molar-refractivity contribution in [2.24, 2.45) is 40.9 Å². The second kappa shape index (κ2) is 4.47. The van der Waals surface area contributed by atoms with Crippen LogP contribution in [0.5, 0.6) is 0 Å². The maximum absolute atomic E-state index is 3.86. The topological polar surface area (TPSA) is 0 Å². The Labute approximate surface area is 130 Å². The number of fused-ring (bicyclic) bond motifs is 2. The predicted molar refractivity (Wildman–Crippen MR) is 88.4 cm³/mol. The highest BCUT2D eigenvalue weighted by molar-refractivity contribution is 9.11. The van der Waals surface area contributed by atoms with Crippen LogP contribution in [0.4, 0.5) is 0 Å². The van der Waals surface area contributed by atoms with Gasteiger partial charge < -0.3 is 0 Å². The molecular formula is C19H23Br. The molecule has 0 radical (unpaired) electrons. The van der Waals surface area contributed by atoms with E-state index in [0.717, 1.165) is 29.6 Å². The Kier molecular flexibility index (Phi) is 2.93. The lowest BCUT2D eigenvalue weighted by Crippen LogP contribution is -2.53. The second-order valence-electron chi connectivity index (χ2n) is 7.56. The first-order chi connectivity index (χ1) is 9.60. The van der Waals surface area contributed by atoms with Crippen LogP contribution in [-0.4, -0.2) is 0 Å². The fourth-order valence-electron chi connectivity index (χ4n) is 5.48. The molecule has 0 heterocycles. The molecule has 0 spiro atoms. The van der Waals surface area contributed by atoms with E-state index in [0.29, 0.717) is 11.3 Å². The summed E-state index contributed by atoms with van der Waals surface area (Å²) >= 11 is 3.86. The molecule has 4 rings (SSSR count). The molecule has 1 heteroatoms. The van der Waals surface area contributed by atoms with Gasteiger partial charge >= 0.3 is 0 Å². The van der Waals surface area contributed by atoms with Crippen LogP contribution in [0.3, 0.4) is 0 Å². The fourth-order valence-corrected chi connectivity index (χ4v) is 6.16. The van der Waals surface area contributed by atoms with E-state index < -0.39 is 0 Å². The largest absolute Gasteiger partial charge is 0.0876 e. The average Bonchev–Trinajstić information content (AvgIpc) is 2.46. The summed E-state index contributed by atoms with van der Waals surface area (Å²) in [4.78, 5) is 0. The van der Waals surface area contributed by atoms with Crippen molar-refractivity contribution < 1.29 is 0 Å². The quantitative estimate of drug-likeness (QED) is 0.515. The SMILES string of the molecule is CC1(C)C2C=CC=CC2C2CC=C(Br)C3CC=CC1C32. The summed E-state index contributed by atoms with van der Waals surface area (Å²) in [5, 5.41) is 0. The molecule has 0 bridgehead atoms. The molecule has 4 aliphatic carbocycles. The Hall–Kier alpha value is -0.560. The average molecular weight is 331 g/mol. The smallest absolute Gasteiger partial charge is 0.00272 e. The molecule has 0 aromatic rings. The van der Waals surface area contributed by atoms with Crippen molar-refractivity contribution in [3.05, 3.63) is 47.0 Å². The molecule has 1 saturated carbocycles. The Balaban J connectivity index is 1.85. The third kappa shape index (κ3) is 1.65. The molecule has 0 amide bonds. The molecule has 0 aromatic heterocycles. The molecule has 106 valence electrons. The highest BCUT2D eigenvalue weighted by Gasteiger charge is 2.55. The van der Waals surface area contributed by atoms with Crippen LogP contribution >= 0.6 is 15.9 Å². The van der Waals surface area contributed by atoms with Crippen LogP contribution in [0.1, 0.15) is 26.7 Å². The van der Waals surface area contributed by atoms with Gasteiger partial charge in [0, 0.05) is 0 Å². The molecule has 0 aromatic carbocycles. The van der Waals surface area contributed by atoms with Gasteiger partial charge in [-0.2, -0.15) is 0 Å². The number of allylic oxidation sites excluding steroid dienone is 8. The van der Waals surface area contributed by atoms with E-state index in [1.165, 1.54) is 17.3 Å². The number of rotatable bonds is 0.